The number of imide groups is 1. The lowest BCUT2D eigenvalue weighted by molar-refractivity contribution is -0.143. The number of amides is 3. The van der Waals surface area contributed by atoms with Gasteiger partial charge < -0.3 is 14.8 Å². The molecule has 3 amide bonds. The van der Waals surface area contributed by atoms with Gasteiger partial charge in [-0.1, -0.05) is 12.1 Å². The molecule has 0 aliphatic carbocycles. The summed E-state index contributed by atoms with van der Waals surface area (Å²) in [4.78, 5) is 49.8. The highest BCUT2D eigenvalue weighted by molar-refractivity contribution is 9.10. The number of hydrogen-bond donors (Lipinski definition) is 1. The van der Waals surface area contributed by atoms with Crippen LogP contribution in [-0.4, -0.2) is 48.2 Å². The summed E-state index contributed by atoms with van der Waals surface area (Å²) in [6.07, 6.45) is 1.56. The van der Waals surface area contributed by atoms with Crippen LogP contribution in [-0.2, 0) is 19.1 Å². The van der Waals surface area contributed by atoms with Crippen molar-refractivity contribution >= 4 is 62.5 Å². The average Bonchev–Trinajstić information content (AvgIpc) is 3.02. The van der Waals surface area contributed by atoms with Crippen molar-refractivity contribution in [2.24, 2.45) is 0 Å². The smallest absolute Gasteiger partial charge is 0.343 e. The van der Waals surface area contributed by atoms with Crippen LogP contribution in [0.4, 0.5) is 10.5 Å². The highest BCUT2D eigenvalue weighted by Crippen LogP contribution is 2.34. The highest BCUT2D eigenvalue weighted by Gasteiger charge is 2.36. The van der Waals surface area contributed by atoms with E-state index in [1.54, 1.807) is 30.3 Å². The molecule has 2 aromatic rings. The van der Waals surface area contributed by atoms with Gasteiger partial charge in [-0.3, -0.25) is 19.3 Å². The fourth-order valence-electron chi connectivity index (χ4n) is 2.87. The summed E-state index contributed by atoms with van der Waals surface area (Å²) < 4.78 is 10.4. The van der Waals surface area contributed by atoms with Crippen LogP contribution in [0.3, 0.4) is 0 Å². The first-order valence-corrected chi connectivity index (χ1v) is 11.4. The molecule has 0 saturated carbocycles. The number of aryl methyl sites for hydroxylation is 2. The molecule has 1 aliphatic rings. The quantitative estimate of drug-likeness (QED) is 0.419. The normalized spacial score (nSPS) is 14.5. The number of nitrogens with zero attached hydrogens (tertiary/aromatic N) is 1. The SMILES string of the molecule is COC(=O)COc1ccc(/C=C2/SC(=O)N(CC(=O)Nc3ccc(C)c(C)c3)C2=O)cc1Br. The minimum Gasteiger partial charge on any atom is -0.481 e. The summed E-state index contributed by atoms with van der Waals surface area (Å²) in [5.74, 6) is -1.09. The van der Waals surface area contributed by atoms with E-state index in [1.165, 1.54) is 7.11 Å². The van der Waals surface area contributed by atoms with Crippen molar-refractivity contribution in [2.45, 2.75) is 13.8 Å². The van der Waals surface area contributed by atoms with Crippen molar-refractivity contribution in [3.63, 3.8) is 0 Å². The third-order valence-corrected chi connectivity index (χ3v) is 6.32. The molecule has 3 rings (SSSR count). The maximum atomic E-state index is 12.7. The van der Waals surface area contributed by atoms with E-state index in [1.807, 2.05) is 26.0 Å². The number of nitrogens with one attached hydrogen (secondary N) is 1. The zero-order chi connectivity index (χ0) is 24.1. The number of esters is 1. The maximum absolute atomic E-state index is 12.7. The van der Waals surface area contributed by atoms with Gasteiger partial charge in [-0.05, 0) is 88.6 Å². The number of methoxy groups -OCH3 is 1. The zero-order valence-corrected chi connectivity index (χ0v) is 20.5. The molecule has 10 heteroatoms. The number of ether oxygens (including phenoxy) is 2. The van der Waals surface area contributed by atoms with Crippen molar-refractivity contribution in [3.8, 4) is 5.75 Å². The molecule has 0 bridgehead atoms. The molecule has 2 aromatic carbocycles. The van der Waals surface area contributed by atoms with Gasteiger partial charge in [0.25, 0.3) is 11.1 Å². The number of benzene rings is 2. The fourth-order valence-corrected chi connectivity index (χ4v) is 4.22. The number of rotatable bonds is 7. The van der Waals surface area contributed by atoms with Crippen molar-refractivity contribution in [2.75, 3.05) is 25.6 Å². The molecule has 1 aliphatic heterocycles. The van der Waals surface area contributed by atoms with Gasteiger partial charge >= 0.3 is 5.97 Å². The van der Waals surface area contributed by atoms with Gasteiger partial charge in [-0.25, -0.2) is 4.79 Å². The summed E-state index contributed by atoms with van der Waals surface area (Å²) >= 11 is 4.12. The second kappa shape index (κ2) is 10.7. The second-order valence-corrected chi connectivity index (χ2v) is 9.02. The Hall–Kier alpha value is -3.11. The number of hydrogen-bond acceptors (Lipinski definition) is 7. The molecule has 1 saturated heterocycles. The van der Waals surface area contributed by atoms with Crippen LogP contribution in [0.15, 0.2) is 45.8 Å². The Morgan fingerprint density at radius 3 is 2.55 bits per heavy atom. The minimum absolute atomic E-state index is 0.203. The molecule has 0 unspecified atom stereocenters. The molecule has 0 atom stereocenters. The van der Waals surface area contributed by atoms with E-state index in [2.05, 4.69) is 26.0 Å². The summed E-state index contributed by atoms with van der Waals surface area (Å²) in [5, 5.41) is 2.20. The molecule has 33 heavy (non-hydrogen) atoms. The summed E-state index contributed by atoms with van der Waals surface area (Å²) in [5.41, 5.74) is 3.36. The molecule has 1 heterocycles. The third-order valence-electron chi connectivity index (χ3n) is 4.79. The topological polar surface area (TPSA) is 102 Å². The van der Waals surface area contributed by atoms with Crippen molar-refractivity contribution in [1.29, 1.82) is 0 Å². The summed E-state index contributed by atoms with van der Waals surface area (Å²) in [6, 6.07) is 10.5. The van der Waals surface area contributed by atoms with Gasteiger partial charge in [0, 0.05) is 5.69 Å². The Morgan fingerprint density at radius 2 is 1.88 bits per heavy atom. The lowest BCUT2D eigenvalue weighted by Gasteiger charge is -2.13. The van der Waals surface area contributed by atoms with Crippen LogP contribution >= 0.6 is 27.7 Å². The lowest BCUT2D eigenvalue weighted by atomic mass is 10.1. The zero-order valence-electron chi connectivity index (χ0n) is 18.1. The Kier molecular flexibility index (Phi) is 7.93. The van der Waals surface area contributed by atoms with Crippen molar-refractivity contribution in [3.05, 3.63) is 62.5 Å². The average molecular weight is 533 g/mol. The molecule has 1 N–H and O–H groups in total. The van der Waals surface area contributed by atoms with E-state index < -0.39 is 23.0 Å². The molecule has 1 fully saturated rings. The minimum atomic E-state index is -0.539. The fraction of sp³-hybridized carbons (Fsp3) is 0.217. The summed E-state index contributed by atoms with van der Waals surface area (Å²) in [6.45, 7) is 3.29. The van der Waals surface area contributed by atoms with E-state index in [4.69, 9.17) is 4.74 Å². The number of anilines is 1. The van der Waals surface area contributed by atoms with Gasteiger partial charge in [0.1, 0.15) is 12.3 Å². The van der Waals surface area contributed by atoms with Crippen LogP contribution in [0.2, 0.25) is 0 Å². The largest absolute Gasteiger partial charge is 0.481 e. The Morgan fingerprint density at radius 1 is 1.12 bits per heavy atom. The van der Waals surface area contributed by atoms with Crippen LogP contribution in [0.1, 0.15) is 16.7 Å². The van der Waals surface area contributed by atoms with E-state index in [0.717, 1.165) is 27.8 Å². The molecule has 0 spiro atoms. The first-order chi connectivity index (χ1) is 15.7. The molecular weight excluding hydrogens is 512 g/mol. The monoisotopic (exact) mass is 532 g/mol. The number of halogens is 1. The molecular formula is C23H21BrN2O6S. The standard InChI is InChI=1S/C23H21BrN2O6S/c1-13-4-6-16(8-14(13)2)25-20(27)11-26-22(29)19(33-23(26)30)10-15-5-7-18(17(24)9-15)32-12-21(28)31-3/h4-10H,11-12H2,1-3H3,(H,25,27)/b19-10+. The van der Waals surface area contributed by atoms with Gasteiger partial charge in [0.05, 0.1) is 16.5 Å². The van der Waals surface area contributed by atoms with Crippen LogP contribution in [0.5, 0.6) is 5.75 Å². The first kappa shape index (κ1) is 24.5. The van der Waals surface area contributed by atoms with Crippen LogP contribution in [0.25, 0.3) is 6.08 Å². The first-order valence-electron chi connectivity index (χ1n) is 9.79. The van der Waals surface area contributed by atoms with E-state index in [-0.39, 0.29) is 18.1 Å². The molecule has 172 valence electrons. The van der Waals surface area contributed by atoms with Crippen molar-refractivity contribution < 1.29 is 28.7 Å². The van der Waals surface area contributed by atoms with Crippen molar-refractivity contribution in [1.82, 2.24) is 4.90 Å². The van der Waals surface area contributed by atoms with Gasteiger partial charge in [0.2, 0.25) is 5.91 Å². The predicted molar refractivity (Wildman–Crippen MR) is 129 cm³/mol. The highest BCUT2D eigenvalue weighted by atomic mass is 79.9. The lowest BCUT2D eigenvalue weighted by Crippen LogP contribution is -2.36. The summed E-state index contributed by atoms with van der Waals surface area (Å²) in [7, 11) is 1.27. The third kappa shape index (κ3) is 6.23. The molecule has 8 nitrogen and oxygen atoms in total. The molecule has 0 radical (unpaired) electrons. The Bertz CT molecular complexity index is 1160. The van der Waals surface area contributed by atoms with Gasteiger partial charge in [-0.15, -0.1) is 0 Å². The number of carbonyl (C=O) groups excluding carboxylic acids is 4. The number of thioether (sulfide) groups is 1. The molecule has 0 aromatic heterocycles. The maximum Gasteiger partial charge on any atom is 0.343 e. The van der Waals surface area contributed by atoms with Crippen LogP contribution < -0.4 is 10.1 Å². The Balaban J connectivity index is 1.66. The van der Waals surface area contributed by atoms with E-state index in [0.29, 0.717) is 21.5 Å². The second-order valence-electron chi connectivity index (χ2n) is 7.17. The Labute approximate surface area is 203 Å². The van der Waals surface area contributed by atoms with Gasteiger partial charge in [0.15, 0.2) is 6.61 Å². The van der Waals surface area contributed by atoms with Gasteiger partial charge in [-0.2, -0.15) is 0 Å². The predicted octanol–water partition coefficient (Wildman–Crippen LogP) is 4.29. The van der Waals surface area contributed by atoms with E-state index in [9.17, 15) is 19.2 Å². The van der Waals surface area contributed by atoms with E-state index >= 15 is 0 Å². The number of carbonyl (C=O) groups is 4. The van der Waals surface area contributed by atoms with Crippen LogP contribution in [0, 0.1) is 13.8 Å².